The number of carboxylic acid groups (broad SMARTS) is 1. The Hall–Kier alpha value is -2.58. The van der Waals surface area contributed by atoms with E-state index in [1.807, 2.05) is 0 Å². The molecule has 2 N–H and O–H groups in total. The van der Waals surface area contributed by atoms with Gasteiger partial charge in [-0.2, -0.15) is 0 Å². The van der Waals surface area contributed by atoms with Crippen molar-refractivity contribution in [2.45, 2.75) is 19.9 Å². The second-order valence-electron chi connectivity index (χ2n) is 4.74. The molecule has 0 spiro atoms. The van der Waals surface area contributed by atoms with Gasteiger partial charge in [-0.25, -0.2) is 18.0 Å². The highest BCUT2D eigenvalue weighted by Crippen LogP contribution is 2.17. The number of rotatable bonds is 6. The molecule has 23 heavy (non-hydrogen) atoms. The summed E-state index contributed by atoms with van der Waals surface area (Å²) in [6.45, 7) is 2.07. The fourth-order valence-corrected chi connectivity index (χ4v) is 1.80. The summed E-state index contributed by atoms with van der Waals surface area (Å²) in [6.07, 6.45) is 0. The number of benzene rings is 1. The zero-order chi connectivity index (χ0) is 17.7. The summed E-state index contributed by atoms with van der Waals surface area (Å²) in [5, 5.41) is 11.4. The van der Waals surface area contributed by atoms with Crippen molar-refractivity contribution in [1.82, 2.24) is 10.2 Å². The van der Waals surface area contributed by atoms with Crippen LogP contribution in [-0.2, 0) is 9.59 Å². The summed E-state index contributed by atoms with van der Waals surface area (Å²) in [4.78, 5) is 34.9. The standard InChI is InChI=1S/C14H15F3N2O4/c1-7(14(22)23)19(4-3-18-8(2)20)13(21)9-5-11(16)12(17)6-10(9)15/h5-7H,3-4H2,1-2H3,(H,18,20)(H,22,23). The van der Waals surface area contributed by atoms with Gasteiger partial charge in [-0.05, 0) is 13.0 Å². The van der Waals surface area contributed by atoms with E-state index in [2.05, 4.69) is 5.32 Å². The van der Waals surface area contributed by atoms with E-state index < -0.39 is 46.8 Å². The van der Waals surface area contributed by atoms with Crippen molar-refractivity contribution >= 4 is 17.8 Å². The first-order valence-electron chi connectivity index (χ1n) is 6.58. The molecule has 1 aromatic rings. The predicted octanol–water partition coefficient (Wildman–Crippen LogP) is 1.16. The average Bonchev–Trinajstić information content (AvgIpc) is 2.45. The van der Waals surface area contributed by atoms with Crippen molar-refractivity contribution in [3.8, 4) is 0 Å². The molecule has 0 aliphatic carbocycles. The quantitative estimate of drug-likeness (QED) is 0.765. The number of amides is 2. The Labute approximate surface area is 129 Å². The van der Waals surface area contributed by atoms with E-state index >= 15 is 0 Å². The lowest BCUT2D eigenvalue weighted by Gasteiger charge is -2.26. The Morgan fingerprint density at radius 3 is 2.26 bits per heavy atom. The minimum absolute atomic E-state index is 0.0794. The van der Waals surface area contributed by atoms with Crippen LogP contribution >= 0.6 is 0 Å². The lowest BCUT2D eigenvalue weighted by Crippen LogP contribution is -2.47. The molecule has 9 heteroatoms. The van der Waals surface area contributed by atoms with Gasteiger partial charge in [0.2, 0.25) is 5.91 Å². The molecule has 0 aliphatic rings. The second kappa shape index (κ2) is 7.61. The largest absolute Gasteiger partial charge is 0.480 e. The smallest absolute Gasteiger partial charge is 0.326 e. The van der Waals surface area contributed by atoms with Gasteiger partial charge >= 0.3 is 5.97 Å². The van der Waals surface area contributed by atoms with E-state index in [1.54, 1.807) is 0 Å². The normalized spacial score (nSPS) is 11.7. The minimum atomic E-state index is -1.46. The number of aliphatic carboxylic acids is 1. The molecule has 1 unspecified atom stereocenters. The van der Waals surface area contributed by atoms with Crippen LogP contribution in [0.3, 0.4) is 0 Å². The highest BCUT2D eigenvalue weighted by molar-refractivity contribution is 5.96. The van der Waals surface area contributed by atoms with E-state index in [4.69, 9.17) is 5.11 Å². The Balaban J connectivity index is 3.10. The third-order valence-corrected chi connectivity index (χ3v) is 3.05. The van der Waals surface area contributed by atoms with Gasteiger partial charge in [-0.15, -0.1) is 0 Å². The zero-order valence-electron chi connectivity index (χ0n) is 12.4. The third kappa shape index (κ3) is 4.70. The van der Waals surface area contributed by atoms with Crippen LogP contribution in [-0.4, -0.2) is 46.9 Å². The molecule has 0 aliphatic heterocycles. The van der Waals surface area contributed by atoms with Crippen LogP contribution in [0.5, 0.6) is 0 Å². The fourth-order valence-electron chi connectivity index (χ4n) is 1.80. The summed E-state index contributed by atoms with van der Waals surface area (Å²) in [5.74, 6) is -7.10. The number of carbonyl (C=O) groups is 3. The van der Waals surface area contributed by atoms with Crippen LogP contribution in [0.25, 0.3) is 0 Å². The molecule has 126 valence electrons. The van der Waals surface area contributed by atoms with Crippen LogP contribution in [0.2, 0.25) is 0 Å². The van der Waals surface area contributed by atoms with Gasteiger partial charge in [-0.1, -0.05) is 0 Å². The SMILES string of the molecule is CC(=O)NCCN(C(=O)c1cc(F)c(F)cc1F)C(C)C(=O)O. The minimum Gasteiger partial charge on any atom is -0.480 e. The van der Waals surface area contributed by atoms with E-state index in [-0.39, 0.29) is 19.2 Å². The Kier molecular flexibility index (Phi) is 6.11. The molecule has 0 aromatic heterocycles. The summed E-state index contributed by atoms with van der Waals surface area (Å²) in [5.41, 5.74) is -0.792. The van der Waals surface area contributed by atoms with Gasteiger partial charge in [0.05, 0.1) is 5.56 Å². The number of nitrogens with one attached hydrogen (secondary N) is 1. The molecule has 1 rings (SSSR count). The monoisotopic (exact) mass is 332 g/mol. The van der Waals surface area contributed by atoms with Crippen molar-refractivity contribution in [2.24, 2.45) is 0 Å². The molecule has 2 amide bonds. The van der Waals surface area contributed by atoms with Crippen molar-refractivity contribution in [2.75, 3.05) is 13.1 Å². The first-order valence-corrected chi connectivity index (χ1v) is 6.58. The molecule has 0 fully saturated rings. The topological polar surface area (TPSA) is 86.7 Å². The van der Waals surface area contributed by atoms with Crippen LogP contribution in [0.15, 0.2) is 12.1 Å². The van der Waals surface area contributed by atoms with Gasteiger partial charge in [0.15, 0.2) is 11.6 Å². The maximum Gasteiger partial charge on any atom is 0.326 e. The molecular formula is C14H15F3N2O4. The molecule has 1 aromatic carbocycles. The number of carbonyl (C=O) groups excluding carboxylic acids is 2. The molecule has 1 atom stereocenters. The third-order valence-electron chi connectivity index (χ3n) is 3.05. The summed E-state index contributed by atoms with van der Waals surface area (Å²) < 4.78 is 39.8. The van der Waals surface area contributed by atoms with Gasteiger partial charge in [0, 0.05) is 26.1 Å². The lowest BCUT2D eigenvalue weighted by molar-refractivity contribution is -0.141. The van der Waals surface area contributed by atoms with Gasteiger partial charge in [-0.3, -0.25) is 9.59 Å². The lowest BCUT2D eigenvalue weighted by atomic mass is 10.1. The summed E-state index contributed by atoms with van der Waals surface area (Å²) in [7, 11) is 0. The number of halogens is 3. The van der Waals surface area contributed by atoms with E-state index in [9.17, 15) is 27.6 Å². The highest BCUT2D eigenvalue weighted by atomic mass is 19.2. The number of nitrogens with zero attached hydrogens (tertiary/aromatic N) is 1. The van der Waals surface area contributed by atoms with Crippen molar-refractivity contribution < 1.29 is 32.7 Å². The Morgan fingerprint density at radius 2 is 1.74 bits per heavy atom. The molecule has 0 heterocycles. The predicted molar refractivity (Wildman–Crippen MR) is 73.1 cm³/mol. The van der Waals surface area contributed by atoms with Crippen LogP contribution in [0, 0.1) is 17.5 Å². The number of hydrogen-bond acceptors (Lipinski definition) is 3. The molecule has 0 bridgehead atoms. The maximum absolute atomic E-state index is 13.7. The summed E-state index contributed by atoms with van der Waals surface area (Å²) >= 11 is 0. The zero-order valence-corrected chi connectivity index (χ0v) is 12.4. The average molecular weight is 332 g/mol. The fraction of sp³-hybridized carbons (Fsp3) is 0.357. The van der Waals surface area contributed by atoms with Crippen molar-refractivity contribution in [3.05, 3.63) is 35.1 Å². The molecular weight excluding hydrogens is 317 g/mol. The van der Waals surface area contributed by atoms with E-state index in [1.165, 1.54) is 13.8 Å². The Morgan fingerprint density at radius 1 is 1.17 bits per heavy atom. The molecule has 0 radical (unpaired) electrons. The molecule has 0 saturated heterocycles. The Bertz CT molecular complexity index is 637. The number of hydrogen-bond donors (Lipinski definition) is 2. The molecule has 0 saturated carbocycles. The van der Waals surface area contributed by atoms with Crippen molar-refractivity contribution in [3.63, 3.8) is 0 Å². The summed E-state index contributed by atoms with van der Waals surface area (Å²) in [6, 6.07) is -0.781. The maximum atomic E-state index is 13.7. The van der Waals surface area contributed by atoms with E-state index in [0.717, 1.165) is 4.90 Å². The van der Waals surface area contributed by atoms with Crippen LogP contribution < -0.4 is 5.32 Å². The number of carboxylic acids is 1. The van der Waals surface area contributed by atoms with Gasteiger partial charge in [0.25, 0.3) is 5.91 Å². The second-order valence-corrected chi connectivity index (χ2v) is 4.74. The van der Waals surface area contributed by atoms with Gasteiger partial charge < -0.3 is 15.3 Å². The van der Waals surface area contributed by atoms with Crippen LogP contribution in [0.4, 0.5) is 13.2 Å². The first kappa shape index (κ1) is 18.5. The van der Waals surface area contributed by atoms with Gasteiger partial charge in [0.1, 0.15) is 11.9 Å². The molecule has 6 nitrogen and oxygen atoms in total. The van der Waals surface area contributed by atoms with Crippen molar-refractivity contribution in [1.29, 1.82) is 0 Å². The first-order chi connectivity index (χ1) is 10.6. The highest BCUT2D eigenvalue weighted by Gasteiger charge is 2.28. The van der Waals surface area contributed by atoms with E-state index in [0.29, 0.717) is 6.07 Å². The van der Waals surface area contributed by atoms with Crippen LogP contribution in [0.1, 0.15) is 24.2 Å².